The van der Waals surface area contributed by atoms with Crippen molar-refractivity contribution in [3.05, 3.63) is 29.3 Å². The molecule has 120 valence electrons. The molecule has 1 aromatic rings. The molecule has 1 saturated heterocycles. The van der Waals surface area contributed by atoms with Crippen LogP contribution in [-0.4, -0.2) is 52.9 Å². The quantitative estimate of drug-likeness (QED) is 0.806. The second-order valence-corrected chi connectivity index (χ2v) is 7.77. The van der Waals surface area contributed by atoms with Crippen molar-refractivity contribution < 1.29 is 14.6 Å². The Hall–Kier alpha value is -0.850. The Kier molecular flexibility index (Phi) is 5.55. The van der Waals surface area contributed by atoms with E-state index in [1.165, 1.54) is 11.1 Å². The molecule has 0 radical (unpaired) electrons. The third kappa shape index (κ3) is 3.55. The van der Waals surface area contributed by atoms with Crippen LogP contribution in [-0.2, 0) is 11.2 Å². The number of aliphatic hydroxyl groups is 1. The van der Waals surface area contributed by atoms with Crippen LogP contribution < -0.4 is 4.74 Å². The van der Waals surface area contributed by atoms with Crippen molar-refractivity contribution in [2.24, 2.45) is 0 Å². The highest BCUT2D eigenvalue weighted by Crippen LogP contribution is 2.39. The lowest BCUT2D eigenvalue weighted by Gasteiger charge is -2.35. The first-order chi connectivity index (χ1) is 10.8. The molecule has 1 atom stereocenters. The highest BCUT2D eigenvalue weighted by Gasteiger charge is 2.30. The van der Waals surface area contributed by atoms with Crippen molar-refractivity contribution in [1.29, 1.82) is 0 Å². The van der Waals surface area contributed by atoms with E-state index in [9.17, 15) is 4.79 Å². The van der Waals surface area contributed by atoms with Gasteiger partial charge in [-0.25, -0.2) is 0 Å². The molecule has 22 heavy (non-hydrogen) atoms. The molecule has 1 fully saturated rings. The van der Waals surface area contributed by atoms with Crippen molar-refractivity contribution in [2.75, 3.05) is 37.0 Å². The van der Waals surface area contributed by atoms with Gasteiger partial charge in [0.15, 0.2) is 0 Å². The molecular weight excluding hydrogens is 318 g/mol. The molecule has 1 N–H and O–H groups in total. The van der Waals surface area contributed by atoms with Crippen molar-refractivity contribution in [1.82, 2.24) is 4.90 Å². The van der Waals surface area contributed by atoms with Gasteiger partial charge in [-0.2, -0.15) is 11.8 Å². The standard InChI is InChI=1S/C16H21NO3S2/c18-6-10-21-9-5-17-15(19)4-8-22-16(17)13-1-2-14-12(11-13)3-7-20-14/h1-2,11,16,18H,3-10H2. The zero-order chi connectivity index (χ0) is 15.4. The van der Waals surface area contributed by atoms with E-state index in [2.05, 4.69) is 12.1 Å². The normalized spacial score (nSPS) is 20.9. The number of nitrogens with zero attached hydrogens (tertiary/aromatic N) is 1. The van der Waals surface area contributed by atoms with Gasteiger partial charge in [-0.3, -0.25) is 4.79 Å². The second kappa shape index (κ2) is 7.62. The first kappa shape index (κ1) is 16.0. The van der Waals surface area contributed by atoms with Crippen LogP contribution in [0.4, 0.5) is 0 Å². The Labute approximate surface area is 139 Å². The van der Waals surface area contributed by atoms with Crippen molar-refractivity contribution >= 4 is 29.4 Å². The summed E-state index contributed by atoms with van der Waals surface area (Å²) in [6.07, 6.45) is 1.58. The number of hydrogen-bond acceptors (Lipinski definition) is 5. The van der Waals surface area contributed by atoms with E-state index in [1.54, 1.807) is 11.8 Å². The van der Waals surface area contributed by atoms with Crippen LogP contribution in [0.3, 0.4) is 0 Å². The first-order valence-corrected chi connectivity index (χ1v) is 9.85. The molecule has 2 aliphatic rings. The number of hydrogen-bond donors (Lipinski definition) is 1. The summed E-state index contributed by atoms with van der Waals surface area (Å²) < 4.78 is 5.57. The number of thioether (sulfide) groups is 2. The fourth-order valence-corrected chi connectivity index (χ4v) is 4.75. The minimum absolute atomic E-state index is 0.113. The molecule has 3 rings (SSSR count). The third-order valence-corrected chi connectivity index (χ3v) is 6.13. The van der Waals surface area contributed by atoms with Gasteiger partial charge in [-0.1, -0.05) is 6.07 Å². The van der Waals surface area contributed by atoms with Gasteiger partial charge in [-0.05, 0) is 23.3 Å². The number of amides is 1. The predicted molar refractivity (Wildman–Crippen MR) is 91.6 cm³/mol. The summed E-state index contributed by atoms with van der Waals surface area (Å²) >= 11 is 3.54. The van der Waals surface area contributed by atoms with E-state index in [4.69, 9.17) is 9.84 Å². The summed E-state index contributed by atoms with van der Waals surface area (Å²) in [7, 11) is 0. The minimum Gasteiger partial charge on any atom is -0.493 e. The number of fused-ring (bicyclic) bond motifs is 1. The minimum atomic E-state index is 0.113. The molecule has 2 heterocycles. The Morgan fingerprint density at radius 3 is 3.14 bits per heavy atom. The van der Waals surface area contributed by atoms with E-state index in [-0.39, 0.29) is 17.9 Å². The van der Waals surface area contributed by atoms with Gasteiger partial charge in [0, 0.05) is 36.6 Å². The highest BCUT2D eigenvalue weighted by atomic mass is 32.2. The van der Waals surface area contributed by atoms with Gasteiger partial charge < -0.3 is 14.7 Å². The Morgan fingerprint density at radius 1 is 1.36 bits per heavy atom. The number of benzene rings is 1. The van der Waals surface area contributed by atoms with Crippen LogP contribution in [0.5, 0.6) is 5.75 Å². The molecule has 6 heteroatoms. The summed E-state index contributed by atoms with van der Waals surface area (Å²) in [5.41, 5.74) is 2.46. The molecular formula is C16H21NO3S2. The molecule has 1 amide bonds. The van der Waals surface area contributed by atoms with Gasteiger partial charge in [0.05, 0.1) is 13.2 Å². The van der Waals surface area contributed by atoms with E-state index in [0.717, 1.165) is 42.6 Å². The molecule has 4 nitrogen and oxygen atoms in total. The molecule has 0 bridgehead atoms. The van der Waals surface area contributed by atoms with Gasteiger partial charge in [0.2, 0.25) is 5.91 Å². The van der Waals surface area contributed by atoms with Gasteiger partial charge in [-0.15, -0.1) is 11.8 Å². The van der Waals surface area contributed by atoms with E-state index >= 15 is 0 Å². The lowest BCUT2D eigenvalue weighted by atomic mass is 10.1. The lowest BCUT2D eigenvalue weighted by Crippen LogP contribution is -2.38. The van der Waals surface area contributed by atoms with Crippen molar-refractivity contribution in [3.63, 3.8) is 0 Å². The molecule has 1 aromatic carbocycles. The molecule has 1 unspecified atom stereocenters. The fraction of sp³-hybridized carbons (Fsp3) is 0.562. The van der Waals surface area contributed by atoms with Crippen LogP contribution in [0.15, 0.2) is 18.2 Å². The maximum absolute atomic E-state index is 12.3. The average molecular weight is 339 g/mol. The molecule has 0 aromatic heterocycles. The zero-order valence-electron chi connectivity index (χ0n) is 12.5. The summed E-state index contributed by atoms with van der Waals surface area (Å²) in [6, 6.07) is 6.33. The summed E-state index contributed by atoms with van der Waals surface area (Å²) in [6.45, 7) is 1.70. The SMILES string of the molecule is O=C1CCSC(c2ccc3c(c2)CCO3)N1CCSCCO. The Morgan fingerprint density at radius 2 is 2.27 bits per heavy atom. The van der Waals surface area contributed by atoms with Crippen molar-refractivity contribution in [3.8, 4) is 5.75 Å². The summed E-state index contributed by atoms with van der Waals surface area (Å²) in [5, 5.41) is 8.97. The summed E-state index contributed by atoms with van der Waals surface area (Å²) in [5.74, 6) is 3.72. The van der Waals surface area contributed by atoms with Gasteiger partial charge in [0.1, 0.15) is 11.1 Å². The smallest absolute Gasteiger partial charge is 0.224 e. The van der Waals surface area contributed by atoms with Crippen LogP contribution >= 0.6 is 23.5 Å². The van der Waals surface area contributed by atoms with Crippen LogP contribution in [0.25, 0.3) is 0 Å². The van der Waals surface area contributed by atoms with Crippen LogP contribution in [0.2, 0.25) is 0 Å². The maximum atomic E-state index is 12.3. The fourth-order valence-electron chi connectivity index (χ4n) is 2.83. The third-order valence-electron chi connectivity index (χ3n) is 3.91. The molecule has 0 aliphatic carbocycles. The predicted octanol–water partition coefficient (Wildman–Crippen LogP) is 2.31. The van der Waals surface area contributed by atoms with Gasteiger partial charge in [0.25, 0.3) is 0 Å². The topological polar surface area (TPSA) is 49.8 Å². The van der Waals surface area contributed by atoms with E-state index in [0.29, 0.717) is 6.42 Å². The number of carbonyl (C=O) groups is 1. The number of aliphatic hydroxyl groups excluding tert-OH is 1. The van der Waals surface area contributed by atoms with E-state index in [1.807, 2.05) is 22.7 Å². The number of rotatable bonds is 6. The molecule has 0 spiro atoms. The van der Waals surface area contributed by atoms with E-state index < -0.39 is 0 Å². The summed E-state index contributed by atoms with van der Waals surface area (Å²) in [4.78, 5) is 14.3. The first-order valence-electron chi connectivity index (χ1n) is 7.65. The number of ether oxygens (including phenoxy) is 1. The number of carbonyl (C=O) groups excluding carboxylic acids is 1. The van der Waals surface area contributed by atoms with Gasteiger partial charge >= 0.3 is 0 Å². The lowest BCUT2D eigenvalue weighted by molar-refractivity contribution is -0.131. The Bertz CT molecular complexity index is 538. The zero-order valence-corrected chi connectivity index (χ0v) is 14.1. The van der Waals surface area contributed by atoms with Crippen LogP contribution in [0, 0.1) is 0 Å². The van der Waals surface area contributed by atoms with Crippen LogP contribution in [0.1, 0.15) is 22.9 Å². The maximum Gasteiger partial charge on any atom is 0.224 e. The monoisotopic (exact) mass is 339 g/mol. The molecule has 0 saturated carbocycles. The Balaban J connectivity index is 1.72. The van der Waals surface area contributed by atoms with Crippen molar-refractivity contribution in [2.45, 2.75) is 18.2 Å². The average Bonchev–Trinajstić information content (AvgIpc) is 3.00. The molecule has 2 aliphatic heterocycles. The second-order valence-electron chi connectivity index (χ2n) is 5.36. The largest absolute Gasteiger partial charge is 0.493 e. The highest BCUT2D eigenvalue weighted by molar-refractivity contribution is 7.99.